The summed E-state index contributed by atoms with van der Waals surface area (Å²) in [5.41, 5.74) is 0.421. The van der Waals surface area contributed by atoms with E-state index >= 15 is 0 Å². The minimum absolute atomic E-state index is 0.0236. The first-order valence-electron chi connectivity index (χ1n) is 6.55. The Bertz CT molecular complexity index is 731. The van der Waals surface area contributed by atoms with Crippen LogP contribution >= 0.6 is 0 Å². The van der Waals surface area contributed by atoms with Gasteiger partial charge in [-0.15, -0.1) is 0 Å². The molecule has 0 fully saturated rings. The van der Waals surface area contributed by atoms with Crippen molar-refractivity contribution < 1.29 is 17.6 Å². The van der Waals surface area contributed by atoms with Crippen molar-refractivity contribution in [3.05, 3.63) is 60.4 Å². The average molecular weight is 322 g/mol. The summed E-state index contributed by atoms with van der Waals surface area (Å²) in [7, 11) is -3.43. The van der Waals surface area contributed by atoms with Gasteiger partial charge in [0, 0.05) is 12.2 Å². The predicted molar refractivity (Wildman–Crippen MR) is 81.9 cm³/mol. The lowest BCUT2D eigenvalue weighted by molar-refractivity contribution is 0.252. The fraction of sp³-hybridized carbons (Fsp3) is 0.133. The lowest BCUT2D eigenvalue weighted by atomic mass is 10.3. The number of halogens is 1. The maximum atomic E-state index is 12.7. The number of urea groups is 1. The summed E-state index contributed by atoms with van der Waals surface area (Å²) in [6.07, 6.45) is 0. The maximum Gasteiger partial charge on any atom is 0.319 e. The van der Waals surface area contributed by atoms with Gasteiger partial charge in [0.1, 0.15) is 5.82 Å². The van der Waals surface area contributed by atoms with Crippen LogP contribution in [0.5, 0.6) is 0 Å². The zero-order valence-electron chi connectivity index (χ0n) is 11.6. The summed E-state index contributed by atoms with van der Waals surface area (Å²) in [4.78, 5) is 11.8. The standard InChI is InChI=1S/C15H15FN2O3S/c16-12-6-8-13(9-7-12)18-15(19)17-10-11-22(20,21)14-4-2-1-3-5-14/h1-9H,10-11H2,(H2,17,18,19). The van der Waals surface area contributed by atoms with E-state index in [0.717, 1.165) is 0 Å². The molecule has 0 aliphatic carbocycles. The number of nitrogens with one attached hydrogen (secondary N) is 2. The largest absolute Gasteiger partial charge is 0.337 e. The number of anilines is 1. The van der Waals surface area contributed by atoms with Gasteiger partial charge in [-0.3, -0.25) is 0 Å². The fourth-order valence-electron chi connectivity index (χ4n) is 1.75. The Hall–Kier alpha value is -2.41. The van der Waals surface area contributed by atoms with Crippen LogP contribution in [-0.2, 0) is 9.84 Å². The number of rotatable bonds is 5. The quantitative estimate of drug-likeness (QED) is 0.888. The first kappa shape index (κ1) is 16.0. The van der Waals surface area contributed by atoms with Crippen molar-refractivity contribution in [3.8, 4) is 0 Å². The van der Waals surface area contributed by atoms with Gasteiger partial charge in [0.15, 0.2) is 9.84 Å². The number of hydrogen-bond acceptors (Lipinski definition) is 3. The Balaban J connectivity index is 1.83. The van der Waals surface area contributed by atoms with Crippen molar-refractivity contribution in [3.63, 3.8) is 0 Å². The normalized spacial score (nSPS) is 11.0. The third-order valence-corrected chi connectivity index (χ3v) is 4.59. The first-order valence-corrected chi connectivity index (χ1v) is 8.21. The molecule has 7 heteroatoms. The highest BCUT2D eigenvalue weighted by Crippen LogP contribution is 2.10. The molecule has 0 heterocycles. The van der Waals surface area contributed by atoms with Crippen molar-refractivity contribution in [2.75, 3.05) is 17.6 Å². The lowest BCUT2D eigenvalue weighted by Crippen LogP contribution is -2.32. The Kier molecular flexibility index (Phi) is 5.11. The average Bonchev–Trinajstić information content (AvgIpc) is 2.50. The molecule has 0 saturated carbocycles. The molecular weight excluding hydrogens is 307 g/mol. The molecule has 116 valence electrons. The topological polar surface area (TPSA) is 75.3 Å². The number of amides is 2. The van der Waals surface area contributed by atoms with Gasteiger partial charge < -0.3 is 10.6 Å². The molecule has 0 unspecified atom stereocenters. The van der Waals surface area contributed by atoms with E-state index in [0.29, 0.717) is 5.69 Å². The number of benzene rings is 2. The van der Waals surface area contributed by atoms with Gasteiger partial charge in [0.05, 0.1) is 10.6 Å². The van der Waals surface area contributed by atoms with Gasteiger partial charge in [-0.05, 0) is 36.4 Å². The SMILES string of the molecule is O=C(NCCS(=O)(=O)c1ccccc1)Nc1ccc(F)cc1. The minimum atomic E-state index is -3.43. The zero-order chi connectivity index (χ0) is 16.0. The van der Waals surface area contributed by atoms with E-state index in [4.69, 9.17) is 0 Å². The van der Waals surface area contributed by atoms with Gasteiger partial charge in [-0.1, -0.05) is 18.2 Å². The zero-order valence-corrected chi connectivity index (χ0v) is 12.4. The molecule has 2 rings (SSSR count). The molecule has 2 aromatic carbocycles. The van der Waals surface area contributed by atoms with Crippen LogP contribution in [0.25, 0.3) is 0 Å². The summed E-state index contributed by atoms with van der Waals surface area (Å²) in [5, 5.41) is 4.93. The number of carbonyl (C=O) groups excluding carboxylic acids is 1. The van der Waals surface area contributed by atoms with Crippen LogP contribution in [-0.4, -0.2) is 26.7 Å². The summed E-state index contributed by atoms with van der Waals surface area (Å²) in [6, 6.07) is 12.7. The van der Waals surface area contributed by atoms with E-state index < -0.39 is 21.7 Å². The van der Waals surface area contributed by atoms with Crippen molar-refractivity contribution in [1.29, 1.82) is 0 Å². The molecule has 0 aromatic heterocycles. The van der Waals surface area contributed by atoms with Crippen LogP contribution in [0, 0.1) is 5.82 Å². The van der Waals surface area contributed by atoms with Crippen LogP contribution in [0.15, 0.2) is 59.5 Å². The molecular formula is C15H15FN2O3S. The van der Waals surface area contributed by atoms with Crippen molar-refractivity contribution in [1.82, 2.24) is 5.32 Å². The van der Waals surface area contributed by atoms with E-state index in [1.54, 1.807) is 18.2 Å². The third kappa shape index (κ3) is 4.56. The van der Waals surface area contributed by atoms with Crippen molar-refractivity contribution in [2.45, 2.75) is 4.90 Å². The smallest absolute Gasteiger partial charge is 0.319 e. The van der Waals surface area contributed by atoms with Crippen LogP contribution in [0.3, 0.4) is 0 Å². The second kappa shape index (κ2) is 7.04. The van der Waals surface area contributed by atoms with Crippen molar-refractivity contribution >= 4 is 21.6 Å². The molecule has 0 aliphatic rings. The van der Waals surface area contributed by atoms with Gasteiger partial charge in [-0.25, -0.2) is 17.6 Å². The Morgan fingerprint density at radius 1 is 1.00 bits per heavy atom. The highest BCUT2D eigenvalue weighted by atomic mass is 32.2. The molecule has 22 heavy (non-hydrogen) atoms. The predicted octanol–water partition coefficient (Wildman–Crippen LogP) is 2.42. The number of hydrogen-bond donors (Lipinski definition) is 2. The van der Waals surface area contributed by atoms with Crippen molar-refractivity contribution in [2.24, 2.45) is 0 Å². The van der Waals surface area contributed by atoms with E-state index in [1.807, 2.05) is 0 Å². The lowest BCUT2D eigenvalue weighted by Gasteiger charge is -2.08. The first-order chi connectivity index (χ1) is 10.5. The summed E-state index contributed by atoms with van der Waals surface area (Å²) >= 11 is 0. The molecule has 0 atom stereocenters. The number of carbonyl (C=O) groups is 1. The number of sulfone groups is 1. The highest BCUT2D eigenvalue weighted by Gasteiger charge is 2.13. The second-order valence-electron chi connectivity index (χ2n) is 4.52. The van der Waals surface area contributed by atoms with E-state index in [1.165, 1.54) is 36.4 Å². The van der Waals surface area contributed by atoms with E-state index in [-0.39, 0.29) is 17.2 Å². The van der Waals surface area contributed by atoms with Crippen LogP contribution in [0.1, 0.15) is 0 Å². The molecule has 0 spiro atoms. The van der Waals surface area contributed by atoms with Gasteiger partial charge in [0.2, 0.25) is 0 Å². The Morgan fingerprint density at radius 3 is 2.27 bits per heavy atom. The molecule has 2 aromatic rings. The summed E-state index contributed by atoms with van der Waals surface area (Å²) in [6.45, 7) is -0.0236. The molecule has 2 amide bonds. The Labute approximate surface area is 128 Å². The van der Waals surface area contributed by atoms with Crippen LogP contribution in [0.4, 0.5) is 14.9 Å². The van der Waals surface area contributed by atoms with Crippen LogP contribution < -0.4 is 10.6 Å². The second-order valence-corrected chi connectivity index (χ2v) is 6.63. The highest BCUT2D eigenvalue weighted by molar-refractivity contribution is 7.91. The molecule has 0 saturated heterocycles. The molecule has 0 bridgehead atoms. The third-order valence-electron chi connectivity index (χ3n) is 2.86. The molecule has 0 radical (unpaired) electrons. The molecule has 5 nitrogen and oxygen atoms in total. The van der Waals surface area contributed by atoms with Gasteiger partial charge in [-0.2, -0.15) is 0 Å². The van der Waals surface area contributed by atoms with Crippen LogP contribution in [0.2, 0.25) is 0 Å². The summed E-state index contributed by atoms with van der Waals surface area (Å²) in [5.74, 6) is -0.603. The fourth-order valence-corrected chi connectivity index (χ4v) is 2.93. The molecule has 0 aliphatic heterocycles. The van der Waals surface area contributed by atoms with Gasteiger partial charge >= 0.3 is 6.03 Å². The minimum Gasteiger partial charge on any atom is -0.337 e. The Morgan fingerprint density at radius 2 is 1.64 bits per heavy atom. The van der Waals surface area contributed by atoms with Gasteiger partial charge in [0.25, 0.3) is 0 Å². The molecule has 2 N–H and O–H groups in total. The van der Waals surface area contributed by atoms with E-state index in [9.17, 15) is 17.6 Å². The monoisotopic (exact) mass is 322 g/mol. The van der Waals surface area contributed by atoms with E-state index in [2.05, 4.69) is 10.6 Å². The maximum absolute atomic E-state index is 12.7. The summed E-state index contributed by atoms with van der Waals surface area (Å²) < 4.78 is 36.7.